The molecule has 1 heterocycles. The molecule has 0 fully saturated rings. The number of nitrogens with one attached hydrogen (secondary N) is 1. The quantitative estimate of drug-likeness (QED) is 0.207. The fraction of sp³-hybridized carbons (Fsp3) is 0.194. The molecule has 218 valence electrons. The van der Waals surface area contributed by atoms with Crippen molar-refractivity contribution in [3.05, 3.63) is 126 Å². The minimum Gasteiger partial charge on any atom is -0.480 e. The number of anilines is 1. The molecular weight excluding hydrogens is 538 g/mol. The van der Waals surface area contributed by atoms with E-state index in [1.165, 1.54) is 9.80 Å². The van der Waals surface area contributed by atoms with Gasteiger partial charge < -0.3 is 15.0 Å². The number of carboxylic acids is 1. The highest BCUT2D eigenvalue weighted by atomic mass is 16.4. The van der Waals surface area contributed by atoms with E-state index in [1.807, 2.05) is 86.6 Å². The van der Waals surface area contributed by atoms with E-state index in [4.69, 9.17) is 0 Å². The lowest BCUT2D eigenvalue weighted by Gasteiger charge is -2.34. The Morgan fingerprint density at radius 3 is 2.07 bits per heavy atom. The van der Waals surface area contributed by atoms with Crippen LogP contribution in [0.25, 0.3) is 22.0 Å². The number of para-hydroxylation sites is 1. The molecule has 0 unspecified atom stereocenters. The molecule has 0 saturated carbocycles. The number of nitrogens with zero attached hydrogens (tertiary/aromatic N) is 2. The Labute approximate surface area is 251 Å². The monoisotopic (exact) mass is 573 g/mol. The summed E-state index contributed by atoms with van der Waals surface area (Å²) in [4.78, 5) is 46.6. The van der Waals surface area contributed by atoms with Crippen molar-refractivity contribution in [1.82, 2.24) is 9.88 Å². The molecule has 7 nitrogen and oxygen atoms in total. The molecule has 5 aromatic rings. The second-order valence-electron chi connectivity index (χ2n) is 11.0. The molecule has 4 aromatic carbocycles. The molecule has 2 atom stereocenters. The number of carbonyl (C=O) groups excluding carboxylic acids is 2. The van der Waals surface area contributed by atoms with Crippen LogP contribution in [0.4, 0.5) is 5.69 Å². The number of aliphatic carboxylic acids is 1. The number of amides is 2. The Bertz CT molecular complexity index is 1760. The van der Waals surface area contributed by atoms with E-state index in [0.717, 1.165) is 38.7 Å². The first-order chi connectivity index (χ1) is 20.6. The Morgan fingerprint density at radius 2 is 1.42 bits per heavy atom. The van der Waals surface area contributed by atoms with Crippen LogP contribution in [0.1, 0.15) is 34.0 Å². The number of carboxylic acid groups (broad SMARTS) is 1. The van der Waals surface area contributed by atoms with Gasteiger partial charge in [-0.25, -0.2) is 4.79 Å². The SMILES string of the molecule is Cc1cc(C)cc(C(=O)N(C)[C@@H](C)C(=O)N(c2ccc(-c3ccccc3)cc2)[C@@H](Cc2c[nH]c3ccccc23)C(=O)O)c1. The topological polar surface area (TPSA) is 93.7 Å². The summed E-state index contributed by atoms with van der Waals surface area (Å²) < 4.78 is 0. The van der Waals surface area contributed by atoms with Gasteiger partial charge in [0, 0.05) is 41.8 Å². The summed E-state index contributed by atoms with van der Waals surface area (Å²) in [6.45, 7) is 5.47. The fourth-order valence-corrected chi connectivity index (χ4v) is 5.55. The van der Waals surface area contributed by atoms with E-state index in [0.29, 0.717) is 11.3 Å². The maximum absolute atomic E-state index is 14.3. The first-order valence-electron chi connectivity index (χ1n) is 14.3. The number of H-pyrrole nitrogens is 1. The van der Waals surface area contributed by atoms with Crippen LogP contribution in [-0.4, -0.2) is 51.9 Å². The second kappa shape index (κ2) is 12.4. The normalized spacial score (nSPS) is 12.5. The summed E-state index contributed by atoms with van der Waals surface area (Å²) in [7, 11) is 1.58. The van der Waals surface area contributed by atoms with Crippen LogP contribution in [-0.2, 0) is 16.0 Å². The molecule has 43 heavy (non-hydrogen) atoms. The average molecular weight is 574 g/mol. The second-order valence-corrected chi connectivity index (χ2v) is 11.0. The highest BCUT2D eigenvalue weighted by Gasteiger charge is 2.36. The van der Waals surface area contributed by atoms with E-state index in [-0.39, 0.29) is 12.3 Å². The van der Waals surface area contributed by atoms with Crippen LogP contribution >= 0.6 is 0 Å². The third-order valence-corrected chi connectivity index (χ3v) is 7.90. The van der Waals surface area contributed by atoms with Gasteiger partial charge in [0.25, 0.3) is 5.91 Å². The summed E-state index contributed by atoms with van der Waals surface area (Å²) in [5, 5.41) is 11.4. The summed E-state index contributed by atoms with van der Waals surface area (Å²) >= 11 is 0. The van der Waals surface area contributed by atoms with Gasteiger partial charge in [0.15, 0.2) is 0 Å². The number of fused-ring (bicyclic) bond motifs is 1. The van der Waals surface area contributed by atoms with Crippen LogP contribution in [0.2, 0.25) is 0 Å². The van der Waals surface area contributed by atoms with Crippen molar-refractivity contribution in [2.45, 2.75) is 39.3 Å². The minimum absolute atomic E-state index is 0.0764. The van der Waals surface area contributed by atoms with Gasteiger partial charge in [0.1, 0.15) is 12.1 Å². The van der Waals surface area contributed by atoms with Crippen LogP contribution in [0.3, 0.4) is 0 Å². The summed E-state index contributed by atoms with van der Waals surface area (Å²) in [5.41, 5.74) is 6.43. The molecular formula is C36H35N3O4. The van der Waals surface area contributed by atoms with Crippen LogP contribution < -0.4 is 4.90 Å². The van der Waals surface area contributed by atoms with E-state index in [2.05, 4.69) is 4.98 Å². The van der Waals surface area contributed by atoms with Gasteiger partial charge in [0.2, 0.25) is 5.91 Å². The Hall–Kier alpha value is -5.17. The molecule has 2 N–H and O–H groups in total. The first-order valence-corrected chi connectivity index (χ1v) is 14.3. The van der Waals surface area contributed by atoms with Crippen LogP contribution in [0.5, 0.6) is 0 Å². The van der Waals surface area contributed by atoms with Gasteiger partial charge in [-0.05, 0) is 67.8 Å². The van der Waals surface area contributed by atoms with Gasteiger partial charge in [-0.15, -0.1) is 0 Å². The lowest BCUT2D eigenvalue weighted by molar-refractivity contribution is -0.140. The van der Waals surface area contributed by atoms with Crippen molar-refractivity contribution < 1.29 is 19.5 Å². The van der Waals surface area contributed by atoms with E-state index < -0.39 is 24.0 Å². The first kappa shape index (κ1) is 29.3. The maximum atomic E-state index is 14.3. The number of aromatic amines is 1. The van der Waals surface area contributed by atoms with Crippen molar-refractivity contribution in [1.29, 1.82) is 0 Å². The Balaban J connectivity index is 1.53. The number of aromatic nitrogens is 1. The fourth-order valence-electron chi connectivity index (χ4n) is 5.55. The molecule has 5 rings (SSSR count). The molecule has 0 spiro atoms. The molecule has 7 heteroatoms. The molecule has 0 aliphatic heterocycles. The number of benzene rings is 4. The molecule has 0 aliphatic rings. The van der Waals surface area contributed by atoms with Crippen molar-refractivity contribution in [2.75, 3.05) is 11.9 Å². The third-order valence-electron chi connectivity index (χ3n) is 7.90. The van der Waals surface area contributed by atoms with Crippen LogP contribution in [0, 0.1) is 13.8 Å². The number of aryl methyl sites for hydroxylation is 2. The smallest absolute Gasteiger partial charge is 0.327 e. The van der Waals surface area contributed by atoms with Gasteiger partial charge >= 0.3 is 5.97 Å². The predicted octanol–water partition coefficient (Wildman–Crippen LogP) is 6.64. The Morgan fingerprint density at radius 1 is 0.814 bits per heavy atom. The zero-order chi connectivity index (χ0) is 30.7. The van der Waals surface area contributed by atoms with Gasteiger partial charge in [-0.2, -0.15) is 0 Å². The lowest BCUT2D eigenvalue weighted by Crippen LogP contribution is -2.54. The summed E-state index contributed by atoms with van der Waals surface area (Å²) in [6, 6.07) is 28.2. The average Bonchev–Trinajstić information content (AvgIpc) is 3.42. The third kappa shape index (κ3) is 6.21. The summed E-state index contributed by atoms with van der Waals surface area (Å²) in [6.07, 6.45) is 1.87. The molecule has 0 saturated heterocycles. The largest absolute Gasteiger partial charge is 0.480 e. The predicted molar refractivity (Wildman–Crippen MR) is 170 cm³/mol. The number of hydrogen-bond acceptors (Lipinski definition) is 3. The number of likely N-dealkylation sites (N-methyl/N-ethyl adjacent to an activating group) is 1. The zero-order valence-corrected chi connectivity index (χ0v) is 24.7. The van der Waals surface area contributed by atoms with E-state index in [9.17, 15) is 19.5 Å². The molecule has 1 aromatic heterocycles. The number of hydrogen-bond donors (Lipinski definition) is 2. The van der Waals surface area contributed by atoms with E-state index >= 15 is 0 Å². The van der Waals surface area contributed by atoms with Crippen molar-refractivity contribution in [3.63, 3.8) is 0 Å². The van der Waals surface area contributed by atoms with Crippen molar-refractivity contribution in [2.24, 2.45) is 0 Å². The number of rotatable bonds is 9. The highest BCUT2D eigenvalue weighted by molar-refractivity contribution is 6.05. The van der Waals surface area contributed by atoms with Crippen molar-refractivity contribution in [3.8, 4) is 11.1 Å². The lowest BCUT2D eigenvalue weighted by atomic mass is 10.0. The minimum atomic E-state index is -1.22. The van der Waals surface area contributed by atoms with Crippen molar-refractivity contribution >= 4 is 34.4 Å². The Kier molecular flexibility index (Phi) is 8.44. The molecule has 0 aliphatic carbocycles. The maximum Gasteiger partial charge on any atom is 0.327 e. The van der Waals surface area contributed by atoms with E-state index in [1.54, 1.807) is 44.4 Å². The van der Waals surface area contributed by atoms with Gasteiger partial charge in [-0.1, -0.05) is 77.9 Å². The van der Waals surface area contributed by atoms with Gasteiger partial charge in [0.05, 0.1) is 0 Å². The highest BCUT2D eigenvalue weighted by Crippen LogP contribution is 2.28. The zero-order valence-electron chi connectivity index (χ0n) is 24.7. The standard InChI is InChI=1S/C36H35N3O4/c1-23-18-24(2)20-28(19-23)35(41)38(4)25(3)34(40)39(30-16-14-27(15-17-30)26-10-6-5-7-11-26)33(36(42)43)21-29-22-37-32-13-9-8-12-31(29)32/h5-20,22,25,33,37H,21H2,1-4H3,(H,42,43)/t25-,33-/m0/s1. The molecule has 2 amide bonds. The summed E-state index contributed by atoms with van der Waals surface area (Å²) in [5.74, 6) is -1.93. The molecule has 0 bridgehead atoms. The van der Waals surface area contributed by atoms with Gasteiger partial charge in [-0.3, -0.25) is 14.5 Å². The molecule has 0 radical (unpaired) electrons. The van der Waals surface area contributed by atoms with Crippen LogP contribution in [0.15, 0.2) is 103 Å². The number of carbonyl (C=O) groups is 3.